The van der Waals surface area contributed by atoms with E-state index in [2.05, 4.69) is 0 Å². The number of aromatic hydroxyl groups is 1. The van der Waals surface area contributed by atoms with E-state index in [0.29, 0.717) is 12.4 Å². The van der Waals surface area contributed by atoms with E-state index in [0.717, 1.165) is 6.07 Å². The Morgan fingerprint density at radius 2 is 2.21 bits per heavy atom. The SMILES string of the molecule is O=CCc1cc(F)cc([N+](=O)[O-])c1O. The van der Waals surface area contributed by atoms with Crippen LogP contribution in [0.4, 0.5) is 10.1 Å². The Morgan fingerprint density at radius 1 is 1.57 bits per heavy atom. The number of phenols is 1. The fraction of sp³-hybridized carbons (Fsp3) is 0.125. The molecular weight excluding hydrogens is 193 g/mol. The van der Waals surface area contributed by atoms with Gasteiger partial charge in [-0.25, -0.2) is 4.39 Å². The maximum absolute atomic E-state index is 12.8. The van der Waals surface area contributed by atoms with Crippen LogP contribution in [0.5, 0.6) is 5.75 Å². The van der Waals surface area contributed by atoms with Crippen molar-refractivity contribution in [1.29, 1.82) is 0 Å². The number of nitro benzene ring substituents is 1. The molecule has 0 saturated carbocycles. The summed E-state index contributed by atoms with van der Waals surface area (Å²) in [6.07, 6.45) is 0.169. The van der Waals surface area contributed by atoms with Gasteiger partial charge in [-0.1, -0.05) is 0 Å². The summed E-state index contributed by atoms with van der Waals surface area (Å²) < 4.78 is 12.8. The molecule has 0 bridgehead atoms. The predicted molar refractivity (Wildman–Crippen MR) is 44.5 cm³/mol. The Hall–Kier alpha value is -1.98. The lowest BCUT2D eigenvalue weighted by molar-refractivity contribution is -0.386. The fourth-order valence-electron chi connectivity index (χ4n) is 1.02. The maximum atomic E-state index is 12.8. The van der Waals surface area contributed by atoms with Crippen molar-refractivity contribution in [3.05, 3.63) is 33.6 Å². The lowest BCUT2D eigenvalue weighted by atomic mass is 10.1. The van der Waals surface area contributed by atoms with Crippen molar-refractivity contribution >= 4 is 12.0 Å². The summed E-state index contributed by atoms with van der Waals surface area (Å²) in [6, 6.07) is 1.49. The summed E-state index contributed by atoms with van der Waals surface area (Å²) in [5, 5.41) is 19.6. The molecular formula is C8H6FNO4. The molecule has 0 saturated heterocycles. The highest BCUT2D eigenvalue weighted by molar-refractivity contribution is 5.61. The van der Waals surface area contributed by atoms with Gasteiger partial charge < -0.3 is 9.90 Å². The summed E-state index contributed by atoms with van der Waals surface area (Å²) in [5.41, 5.74) is -0.825. The average Bonchev–Trinajstić information content (AvgIpc) is 2.10. The van der Waals surface area contributed by atoms with Gasteiger partial charge in [0.1, 0.15) is 12.1 Å². The molecule has 0 aliphatic rings. The highest BCUT2D eigenvalue weighted by atomic mass is 19.1. The standard InChI is InChI=1S/C8H6FNO4/c9-6-3-5(1-2-11)8(12)7(4-6)10(13)14/h2-4,12H,1H2. The second-order valence-electron chi connectivity index (χ2n) is 2.56. The van der Waals surface area contributed by atoms with Gasteiger partial charge in [-0.15, -0.1) is 0 Å². The summed E-state index contributed by atoms with van der Waals surface area (Å²) >= 11 is 0. The second-order valence-corrected chi connectivity index (χ2v) is 2.56. The Bertz CT molecular complexity index is 391. The number of carbonyl (C=O) groups is 1. The highest BCUT2D eigenvalue weighted by Crippen LogP contribution is 2.30. The number of hydrogen-bond donors (Lipinski definition) is 1. The third-order valence-electron chi connectivity index (χ3n) is 1.63. The molecule has 0 atom stereocenters. The van der Waals surface area contributed by atoms with Crippen molar-refractivity contribution in [3.8, 4) is 5.75 Å². The molecule has 0 spiro atoms. The van der Waals surface area contributed by atoms with Crippen LogP contribution in [-0.4, -0.2) is 16.3 Å². The summed E-state index contributed by atoms with van der Waals surface area (Å²) in [6.45, 7) is 0. The number of hydrogen-bond acceptors (Lipinski definition) is 4. The maximum Gasteiger partial charge on any atom is 0.313 e. The van der Waals surface area contributed by atoms with Crippen LogP contribution in [0.1, 0.15) is 5.56 Å². The normalized spacial score (nSPS) is 9.79. The molecule has 14 heavy (non-hydrogen) atoms. The zero-order valence-corrected chi connectivity index (χ0v) is 6.94. The van der Waals surface area contributed by atoms with E-state index < -0.39 is 22.2 Å². The number of nitrogens with zero attached hydrogens (tertiary/aromatic N) is 1. The van der Waals surface area contributed by atoms with Crippen molar-refractivity contribution in [2.45, 2.75) is 6.42 Å². The molecule has 0 aliphatic heterocycles. The predicted octanol–water partition coefficient (Wildman–Crippen LogP) is 1.18. The molecule has 1 N–H and O–H groups in total. The molecule has 0 heterocycles. The molecule has 0 unspecified atom stereocenters. The van der Waals surface area contributed by atoms with E-state index in [-0.39, 0.29) is 12.0 Å². The van der Waals surface area contributed by atoms with Gasteiger partial charge in [-0.3, -0.25) is 10.1 Å². The number of rotatable bonds is 3. The Kier molecular flexibility index (Phi) is 2.76. The minimum Gasteiger partial charge on any atom is -0.502 e. The first-order valence-electron chi connectivity index (χ1n) is 3.65. The first kappa shape index (κ1) is 10.1. The van der Waals surface area contributed by atoms with E-state index in [1.165, 1.54) is 0 Å². The van der Waals surface area contributed by atoms with Crippen LogP contribution in [0.15, 0.2) is 12.1 Å². The highest BCUT2D eigenvalue weighted by Gasteiger charge is 2.18. The van der Waals surface area contributed by atoms with Crippen LogP contribution in [0.25, 0.3) is 0 Å². The smallest absolute Gasteiger partial charge is 0.313 e. The van der Waals surface area contributed by atoms with Crippen molar-refractivity contribution < 1.29 is 19.2 Å². The lowest BCUT2D eigenvalue weighted by Gasteiger charge is -2.01. The third kappa shape index (κ3) is 1.85. The molecule has 0 aromatic heterocycles. The number of carbonyl (C=O) groups excluding carboxylic acids is 1. The first-order chi connectivity index (χ1) is 6.56. The van der Waals surface area contributed by atoms with Crippen LogP contribution >= 0.6 is 0 Å². The van der Waals surface area contributed by atoms with E-state index in [1.54, 1.807) is 0 Å². The largest absolute Gasteiger partial charge is 0.502 e. The number of phenolic OH excluding ortho intramolecular Hbond substituents is 1. The Morgan fingerprint density at radius 3 is 2.71 bits per heavy atom. The minimum absolute atomic E-state index is 0.0910. The molecule has 74 valence electrons. The van der Waals surface area contributed by atoms with E-state index in [4.69, 9.17) is 0 Å². The topological polar surface area (TPSA) is 80.4 Å². The Labute approximate surface area is 77.9 Å². The van der Waals surface area contributed by atoms with Gasteiger partial charge in [-0.05, 0) is 6.07 Å². The summed E-state index contributed by atoms with van der Waals surface area (Å²) in [4.78, 5) is 19.5. The molecule has 1 aromatic carbocycles. The molecule has 6 heteroatoms. The van der Waals surface area contributed by atoms with Crippen LogP contribution in [0.3, 0.4) is 0 Å². The van der Waals surface area contributed by atoms with Crippen LogP contribution in [-0.2, 0) is 11.2 Å². The first-order valence-corrected chi connectivity index (χ1v) is 3.65. The molecule has 5 nitrogen and oxygen atoms in total. The van der Waals surface area contributed by atoms with Gasteiger partial charge in [0.2, 0.25) is 0 Å². The van der Waals surface area contributed by atoms with Gasteiger partial charge in [-0.2, -0.15) is 0 Å². The average molecular weight is 199 g/mol. The van der Waals surface area contributed by atoms with Gasteiger partial charge in [0.25, 0.3) is 0 Å². The van der Waals surface area contributed by atoms with E-state index >= 15 is 0 Å². The van der Waals surface area contributed by atoms with Gasteiger partial charge in [0.15, 0.2) is 5.75 Å². The Balaban J connectivity index is 3.31. The molecule has 0 fully saturated rings. The number of aldehydes is 1. The van der Waals surface area contributed by atoms with Crippen LogP contribution < -0.4 is 0 Å². The van der Waals surface area contributed by atoms with Gasteiger partial charge >= 0.3 is 5.69 Å². The fourth-order valence-corrected chi connectivity index (χ4v) is 1.02. The molecule has 0 aliphatic carbocycles. The molecule has 1 aromatic rings. The van der Waals surface area contributed by atoms with Crippen molar-refractivity contribution in [3.63, 3.8) is 0 Å². The van der Waals surface area contributed by atoms with Gasteiger partial charge in [0, 0.05) is 12.0 Å². The van der Waals surface area contributed by atoms with Crippen molar-refractivity contribution in [2.75, 3.05) is 0 Å². The molecule has 0 amide bonds. The quantitative estimate of drug-likeness (QED) is 0.450. The van der Waals surface area contributed by atoms with Crippen LogP contribution in [0.2, 0.25) is 0 Å². The monoisotopic (exact) mass is 199 g/mol. The second kappa shape index (κ2) is 3.82. The third-order valence-corrected chi connectivity index (χ3v) is 1.63. The van der Waals surface area contributed by atoms with Crippen LogP contribution in [0, 0.1) is 15.9 Å². The molecule has 0 radical (unpaired) electrons. The summed E-state index contributed by atoms with van der Waals surface area (Å²) in [7, 11) is 0. The van der Waals surface area contributed by atoms with Gasteiger partial charge in [0.05, 0.1) is 11.0 Å². The lowest BCUT2D eigenvalue weighted by Crippen LogP contribution is -1.95. The van der Waals surface area contributed by atoms with Crippen molar-refractivity contribution in [1.82, 2.24) is 0 Å². The van der Waals surface area contributed by atoms with E-state index in [9.17, 15) is 24.4 Å². The summed E-state index contributed by atoms with van der Waals surface area (Å²) in [5.74, 6) is -1.52. The zero-order valence-electron chi connectivity index (χ0n) is 6.94. The van der Waals surface area contributed by atoms with Crippen molar-refractivity contribution in [2.24, 2.45) is 0 Å². The zero-order chi connectivity index (χ0) is 10.7. The minimum atomic E-state index is -0.910. The number of nitro groups is 1. The number of halogens is 1. The van der Waals surface area contributed by atoms with E-state index in [1.807, 2.05) is 0 Å². The number of benzene rings is 1. The molecule has 1 rings (SSSR count).